The van der Waals surface area contributed by atoms with Crippen LogP contribution in [0, 0.1) is 0 Å². The van der Waals surface area contributed by atoms with E-state index in [1.54, 1.807) is 11.3 Å². The zero-order valence-corrected chi connectivity index (χ0v) is 31.9. The molecule has 266 valence electrons. The summed E-state index contributed by atoms with van der Waals surface area (Å²) >= 11 is 3.64. The fraction of sp³-hybridized carbons (Fsp3) is 0. The molecule has 0 fully saturated rings. The van der Waals surface area contributed by atoms with Gasteiger partial charge in [0.05, 0.1) is 0 Å². The highest BCUT2D eigenvalue weighted by Crippen LogP contribution is 2.44. The summed E-state index contributed by atoms with van der Waals surface area (Å²) < 4.78 is 11.6. The SMILES string of the molecule is c1ccc(-c2nc(-c3ccccc3)nc(-c3ccc4c(c3)sc3ccc(-c5cc(-c6ccc7c(c6)sc6ccccc67)cc6oc7ccccc7c56)cc34)n2)cc1. The Balaban J connectivity index is 1.00. The molecule has 57 heavy (non-hydrogen) atoms. The average molecular weight is 764 g/mol. The quantitative estimate of drug-likeness (QED) is 0.175. The van der Waals surface area contributed by atoms with Crippen LogP contribution in [0.25, 0.3) is 119 Å². The van der Waals surface area contributed by atoms with Crippen molar-refractivity contribution in [3.05, 3.63) is 176 Å². The van der Waals surface area contributed by atoms with Crippen LogP contribution >= 0.6 is 22.7 Å². The van der Waals surface area contributed by atoms with E-state index in [1.165, 1.54) is 45.9 Å². The fourth-order valence-electron chi connectivity index (χ4n) is 8.18. The van der Waals surface area contributed by atoms with Gasteiger partial charge in [-0.1, -0.05) is 127 Å². The number of thiophene rings is 2. The average Bonchev–Trinajstić information content (AvgIpc) is 3.97. The van der Waals surface area contributed by atoms with Crippen LogP contribution in [-0.2, 0) is 0 Å². The van der Waals surface area contributed by atoms with Gasteiger partial charge in [0.2, 0.25) is 0 Å². The van der Waals surface area contributed by atoms with Gasteiger partial charge in [0.1, 0.15) is 11.2 Å². The lowest BCUT2D eigenvalue weighted by atomic mass is 9.93. The molecule has 0 spiro atoms. The summed E-state index contributed by atoms with van der Waals surface area (Å²) in [5.74, 6) is 1.97. The summed E-state index contributed by atoms with van der Waals surface area (Å²) in [4.78, 5) is 14.9. The van der Waals surface area contributed by atoms with Gasteiger partial charge >= 0.3 is 0 Å². The normalized spacial score (nSPS) is 11.9. The zero-order valence-electron chi connectivity index (χ0n) is 30.3. The van der Waals surface area contributed by atoms with E-state index in [-0.39, 0.29) is 0 Å². The van der Waals surface area contributed by atoms with Crippen molar-refractivity contribution in [2.24, 2.45) is 0 Å². The molecule has 0 amide bonds. The standard InChI is InChI=1S/C51H29N3OS2/c1-3-11-30(12-4-1)49-52-50(31-13-5-2-6-14-31)54-51(53-49)34-20-23-38-41-25-33(21-24-45(41)57-47(38)29-34)40-26-35(27-43-48(40)39-16-7-9-17-42(39)55-43)32-19-22-37-36-15-8-10-18-44(36)56-46(37)28-32/h1-29H. The predicted octanol–water partition coefficient (Wildman–Crippen LogP) is 14.8. The molecule has 6 heteroatoms. The summed E-state index contributed by atoms with van der Waals surface area (Å²) in [6.07, 6.45) is 0. The minimum atomic E-state index is 0.655. The Bertz CT molecular complexity index is 3470. The van der Waals surface area contributed by atoms with E-state index in [0.29, 0.717) is 17.5 Å². The zero-order chi connectivity index (χ0) is 37.5. The second-order valence-electron chi connectivity index (χ2n) is 14.4. The summed E-state index contributed by atoms with van der Waals surface area (Å²) in [7, 11) is 0. The number of nitrogens with zero attached hydrogens (tertiary/aromatic N) is 3. The van der Waals surface area contributed by atoms with Crippen LogP contribution in [0.5, 0.6) is 0 Å². The molecule has 12 aromatic rings. The maximum Gasteiger partial charge on any atom is 0.164 e. The molecule has 0 aliphatic rings. The summed E-state index contributed by atoms with van der Waals surface area (Å²) in [6, 6.07) is 62.2. The molecule has 0 aliphatic heterocycles. The number of aromatic nitrogens is 3. The number of benzene rings is 8. The van der Waals surface area contributed by atoms with Crippen molar-refractivity contribution < 1.29 is 4.42 Å². The first-order valence-electron chi connectivity index (χ1n) is 18.9. The van der Waals surface area contributed by atoms with Gasteiger partial charge in [-0.3, -0.25) is 0 Å². The van der Waals surface area contributed by atoms with Crippen molar-refractivity contribution in [3.8, 4) is 56.4 Å². The number of rotatable bonds is 5. The smallest absolute Gasteiger partial charge is 0.164 e. The maximum atomic E-state index is 6.57. The Morgan fingerprint density at radius 1 is 0.316 bits per heavy atom. The third-order valence-corrected chi connectivity index (χ3v) is 13.2. The summed E-state index contributed by atoms with van der Waals surface area (Å²) in [6.45, 7) is 0. The molecule has 4 nitrogen and oxygen atoms in total. The highest BCUT2D eigenvalue weighted by atomic mass is 32.1. The lowest BCUT2D eigenvalue weighted by Crippen LogP contribution is -1.99. The van der Waals surface area contributed by atoms with E-state index in [2.05, 4.69) is 109 Å². The largest absolute Gasteiger partial charge is 0.456 e. The maximum absolute atomic E-state index is 6.57. The second-order valence-corrected chi connectivity index (χ2v) is 16.5. The molecular weight excluding hydrogens is 735 g/mol. The number of fused-ring (bicyclic) bond motifs is 9. The summed E-state index contributed by atoms with van der Waals surface area (Å²) in [5.41, 5.74) is 9.29. The first-order chi connectivity index (χ1) is 28.2. The topological polar surface area (TPSA) is 51.8 Å². The predicted molar refractivity (Wildman–Crippen MR) is 240 cm³/mol. The molecule has 0 saturated carbocycles. The molecule has 0 radical (unpaired) electrons. The molecule has 12 rings (SSSR count). The van der Waals surface area contributed by atoms with Crippen molar-refractivity contribution in [1.82, 2.24) is 15.0 Å². The minimum absolute atomic E-state index is 0.655. The van der Waals surface area contributed by atoms with E-state index in [0.717, 1.165) is 55.3 Å². The van der Waals surface area contributed by atoms with Crippen LogP contribution in [0.4, 0.5) is 0 Å². The van der Waals surface area contributed by atoms with Crippen LogP contribution in [0.15, 0.2) is 180 Å². The molecule has 4 heterocycles. The van der Waals surface area contributed by atoms with Crippen LogP contribution in [0.3, 0.4) is 0 Å². The van der Waals surface area contributed by atoms with E-state index < -0.39 is 0 Å². The van der Waals surface area contributed by atoms with E-state index in [1.807, 2.05) is 78.1 Å². The number of para-hydroxylation sites is 1. The first-order valence-corrected chi connectivity index (χ1v) is 20.5. The van der Waals surface area contributed by atoms with Crippen LogP contribution < -0.4 is 0 Å². The van der Waals surface area contributed by atoms with E-state index in [4.69, 9.17) is 19.4 Å². The molecule has 4 aromatic heterocycles. The van der Waals surface area contributed by atoms with Gasteiger partial charge in [-0.2, -0.15) is 0 Å². The lowest BCUT2D eigenvalue weighted by Gasteiger charge is -2.10. The Kier molecular flexibility index (Phi) is 7.24. The van der Waals surface area contributed by atoms with Gasteiger partial charge in [0.25, 0.3) is 0 Å². The van der Waals surface area contributed by atoms with Gasteiger partial charge in [0, 0.05) is 67.8 Å². The van der Waals surface area contributed by atoms with Crippen molar-refractivity contribution in [2.45, 2.75) is 0 Å². The Hall–Kier alpha value is -6.99. The fourth-order valence-corrected chi connectivity index (χ4v) is 10.4. The third-order valence-electron chi connectivity index (χ3n) is 10.9. The Morgan fingerprint density at radius 2 is 0.860 bits per heavy atom. The third kappa shape index (κ3) is 5.37. The highest BCUT2D eigenvalue weighted by molar-refractivity contribution is 7.26. The van der Waals surface area contributed by atoms with Crippen molar-refractivity contribution in [2.75, 3.05) is 0 Å². The van der Waals surface area contributed by atoms with Gasteiger partial charge < -0.3 is 4.42 Å². The molecule has 0 bridgehead atoms. The van der Waals surface area contributed by atoms with Crippen molar-refractivity contribution >= 4 is 85.0 Å². The minimum Gasteiger partial charge on any atom is -0.456 e. The molecule has 0 unspecified atom stereocenters. The monoisotopic (exact) mass is 763 g/mol. The second kappa shape index (κ2) is 12.8. The van der Waals surface area contributed by atoms with Crippen molar-refractivity contribution in [1.29, 1.82) is 0 Å². The van der Waals surface area contributed by atoms with Crippen LogP contribution in [0.1, 0.15) is 0 Å². The van der Waals surface area contributed by atoms with Crippen LogP contribution in [0.2, 0.25) is 0 Å². The van der Waals surface area contributed by atoms with Crippen LogP contribution in [-0.4, -0.2) is 15.0 Å². The van der Waals surface area contributed by atoms with Gasteiger partial charge in [-0.05, 0) is 70.8 Å². The molecule has 0 N–H and O–H groups in total. The molecule has 0 aliphatic carbocycles. The van der Waals surface area contributed by atoms with Crippen molar-refractivity contribution in [3.63, 3.8) is 0 Å². The number of hydrogen-bond donors (Lipinski definition) is 0. The molecule has 0 atom stereocenters. The lowest BCUT2D eigenvalue weighted by molar-refractivity contribution is 0.669. The molecule has 8 aromatic carbocycles. The van der Waals surface area contributed by atoms with E-state index >= 15 is 0 Å². The van der Waals surface area contributed by atoms with Gasteiger partial charge in [0.15, 0.2) is 17.5 Å². The van der Waals surface area contributed by atoms with Gasteiger partial charge in [-0.15, -0.1) is 22.7 Å². The molecular formula is C51H29N3OS2. The Labute approximate surface area is 335 Å². The highest BCUT2D eigenvalue weighted by Gasteiger charge is 2.18. The van der Waals surface area contributed by atoms with Gasteiger partial charge in [-0.25, -0.2) is 15.0 Å². The first kappa shape index (κ1) is 32.3. The summed E-state index contributed by atoms with van der Waals surface area (Å²) in [5, 5.41) is 7.30. The number of hydrogen-bond acceptors (Lipinski definition) is 6. The number of furan rings is 1. The Morgan fingerprint density at radius 3 is 1.60 bits per heavy atom. The molecule has 0 saturated heterocycles. The van der Waals surface area contributed by atoms with E-state index in [9.17, 15) is 0 Å².